The highest BCUT2D eigenvalue weighted by molar-refractivity contribution is 7.10. The molecule has 0 spiro atoms. The second kappa shape index (κ2) is 8.97. The molecule has 0 aromatic carbocycles. The summed E-state index contributed by atoms with van der Waals surface area (Å²) in [7, 11) is 2.08. The second-order valence-electron chi connectivity index (χ2n) is 6.85. The lowest BCUT2D eigenvalue weighted by molar-refractivity contribution is 0.196. The van der Waals surface area contributed by atoms with Crippen molar-refractivity contribution in [1.82, 2.24) is 20.1 Å². The molecule has 0 radical (unpaired) electrons. The average molecular weight is 392 g/mol. The first-order chi connectivity index (χ1) is 12.6. The van der Waals surface area contributed by atoms with E-state index >= 15 is 0 Å². The monoisotopic (exact) mass is 391 g/mol. The Morgan fingerprint density at radius 1 is 1.46 bits per heavy atom. The summed E-state index contributed by atoms with van der Waals surface area (Å²) in [6, 6.07) is 2.71. The molecule has 1 aliphatic rings. The van der Waals surface area contributed by atoms with Crippen molar-refractivity contribution in [3.05, 3.63) is 38.0 Å². The molecule has 2 aromatic heterocycles. The van der Waals surface area contributed by atoms with Gasteiger partial charge in [-0.25, -0.2) is 4.98 Å². The summed E-state index contributed by atoms with van der Waals surface area (Å²) in [4.78, 5) is 15.7. The number of thiazole rings is 1. The number of aromatic nitrogens is 1. The molecule has 1 unspecified atom stereocenters. The van der Waals surface area contributed by atoms with Crippen LogP contribution in [0.5, 0.6) is 0 Å². The van der Waals surface area contributed by atoms with Crippen LogP contribution in [0.2, 0.25) is 0 Å². The number of fused-ring (bicyclic) bond motifs is 1. The maximum atomic E-state index is 4.90. The molecule has 1 aliphatic heterocycles. The number of guanidine groups is 1. The zero-order valence-corrected chi connectivity index (χ0v) is 17.8. The Hall–Kier alpha value is -1.44. The Kier molecular flexibility index (Phi) is 6.67. The van der Waals surface area contributed by atoms with Crippen LogP contribution in [0, 0.1) is 6.92 Å². The second-order valence-corrected chi connectivity index (χ2v) is 8.91. The van der Waals surface area contributed by atoms with E-state index in [0.717, 1.165) is 49.4 Å². The predicted molar refractivity (Wildman–Crippen MR) is 112 cm³/mol. The summed E-state index contributed by atoms with van der Waals surface area (Å²) in [6.45, 7) is 11.1. The average Bonchev–Trinajstić information content (AvgIpc) is 3.26. The fraction of sp³-hybridized carbons (Fsp3) is 0.579. The molecule has 0 aliphatic carbocycles. The minimum Gasteiger partial charge on any atom is -0.357 e. The van der Waals surface area contributed by atoms with Gasteiger partial charge < -0.3 is 10.2 Å². The van der Waals surface area contributed by atoms with Crippen LogP contribution >= 0.6 is 22.7 Å². The third kappa shape index (κ3) is 4.84. The van der Waals surface area contributed by atoms with Crippen LogP contribution in [0.3, 0.4) is 0 Å². The molecule has 7 heteroatoms. The number of rotatable bonds is 6. The van der Waals surface area contributed by atoms with Crippen molar-refractivity contribution < 1.29 is 0 Å². The highest BCUT2D eigenvalue weighted by Crippen LogP contribution is 2.25. The number of nitrogens with one attached hydrogen (secondary N) is 1. The molecule has 5 nitrogen and oxygen atoms in total. The van der Waals surface area contributed by atoms with E-state index in [1.165, 1.54) is 12.0 Å². The number of hydrogen-bond donors (Lipinski definition) is 1. The van der Waals surface area contributed by atoms with Crippen molar-refractivity contribution >= 4 is 28.6 Å². The maximum absolute atomic E-state index is 4.90. The standard InChI is InChI=1S/C19H29N5S2/c1-5-20-19(23(4)12-17-13-26-15(3)22-17)21-10-14(2)24-8-6-18-16(11-24)7-9-25-18/h7,9,13-14H,5-6,8,10-12H2,1-4H3,(H,20,21). The van der Waals surface area contributed by atoms with Crippen LogP contribution in [0.15, 0.2) is 21.8 Å². The first-order valence-corrected chi connectivity index (χ1v) is 11.0. The highest BCUT2D eigenvalue weighted by atomic mass is 32.1. The zero-order chi connectivity index (χ0) is 18.5. The third-order valence-electron chi connectivity index (χ3n) is 4.73. The minimum absolute atomic E-state index is 0.437. The van der Waals surface area contributed by atoms with Gasteiger partial charge in [-0.1, -0.05) is 0 Å². The molecule has 0 fully saturated rings. The van der Waals surface area contributed by atoms with Crippen molar-refractivity contribution in [2.24, 2.45) is 4.99 Å². The van der Waals surface area contributed by atoms with Gasteiger partial charge in [0.25, 0.3) is 0 Å². The molecule has 142 valence electrons. The van der Waals surface area contributed by atoms with E-state index in [1.54, 1.807) is 16.2 Å². The smallest absolute Gasteiger partial charge is 0.194 e. The van der Waals surface area contributed by atoms with E-state index < -0.39 is 0 Å². The molecule has 2 aromatic rings. The fourth-order valence-electron chi connectivity index (χ4n) is 3.25. The summed E-state index contributed by atoms with van der Waals surface area (Å²) in [5.41, 5.74) is 2.61. The van der Waals surface area contributed by atoms with Gasteiger partial charge in [-0.3, -0.25) is 9.89 Å². The van der Waals surface area contributed by atoms with E-state index in [9.17, 15) is 0 Å². The maximum Gasteiger partial charge on any atom is 0.194 e. The molecule has 0 saturated heterocycles. The van der Waals surface area contributed by atoms with Gasteiger partial charge >= 0.3 is 0 Å². The molecule has 26 heavy (non-hydrogen) atoms. The van der Waals surface area contributed by atoms with Gasteiger partial charge in [0.1, 0.15) is 0 Å². The lowest BCUT2D eigenvalue weighted by Crippen LogP contribution is -2.42. The van der Waals surface area contributed by atoms with E-state index in [-0.39, 0.29) is 0 Å². The van der Waals surface area contributed by atoms with Crippen molar-refractivity contribution in [2.75, 3.05) is 26.7 Å². The van der Waals surface area contributed by atoms with Crippen LogP contribution in [-0.2, 0) is 19.5 Å². The molecule has 0 saturated carbocycles. The van der Waals surface area contributed by atoms with Crippen LogP contribution in [-0.4, -0.2) is 53.5 Å². The topological polar surface area (TPSA) is 43.8 Å². The Bertz CT molecular complexity index is 736. The van der Waals surface area contributed by atoms with E-state index in [4.69, 9.17) is 4.99 Å². The number of aryl methyl sites for hydroxylation is 1. The SMILES string of the molecule is CCNC(=NCC(C)N1CCc2sccc2C1)N(C)Cc1csc(C)n1. The fourth-order valence-corrected chi connectivity index (χ4v) is 4.74. The quantitative estimate of drug-likeness (QED) is 0.606. The number of hydrogen-bond acceptors (Lipinski definition) is 5. The molecule has 0 bridgehead atoms. The van der Waals surface area contributed by atoms with Crippen LogP contribution in [0.1, 0.15) is 35.0 Å². The van der Waals surface area contributed by atoms with Gasteiger partial charge in [-0.2, -0.15) is 0 Å². The van der Waals surface area contributed by atoms with E-state index in [0.29, 0.717) is 6.04 Å². The summed E-state index contributed by atoms with van der Waals surface area (Å²) >= 11 is 3.59. The number of thiophene rings is 1. The van der Waals surface area contributed by atoms with Gasteiger partial charge in [-0.15, -0.1) is 22.7 Å². The highest BCUT2D eigenvalue weighted by Gasteiger charge is 2.21. The first-order valence-electron chi connectivity index (χ1n) is 9.26. The van der Waals surface area contributed by atoms with Crippen LogP contribution in [0.25, 0.3) is 0 Å². The number of aliphatic imine (C=N–C) groups is 1. The lowest BCUT2D eigenvalue weighted by Gasteiger charge is -2.32. The Morgan fingerprint density at radius 2 is 2.31 bits per heavy atom. The van der Waals surface area contributed by atoms with Crippen LogP contribution in [0.4, 0.5) is 0 Å². The summed E-state index contributed by atoms with van der Waals surface area (Å²) in [5.74, 6) is 0.957. The van der Waals surface area contributed by atoms with Gasteiger partial charge in [0, 0.05) is 43.0 Å². The van der Waals surface area contributed by atoms with E-state index in [2.05, 4.69) is 57.8 Å². The lowest BCUT2D eigenvalue weighted by atomic mass is 10.1. The Labute approximate surface area is 164 Å². The molecular formula is C19H29N5S2. The first kappa shape index (κ1) is 19.3. The van der Waals surface area contributed by atoms with Gasteiger partial charge in [0.2, 0.25) is 0 Å². The Morgan fingerprint density at radius 3 is 3.04 bits per heavy atom. The van der Waals surface area contributed by atoms with Gasteiger partial charge in [0.05, 0.1) is 23.8 Å². The molecule has 0 amide bonds. The summed E-state index contributed by atoms with van der Waals surface area (Å²) in [5, 5.41) is 8.87. The number of nitrogens with zero attached hydrogens (tertiary/aromatic N) is 4. The normalized spacial score (nSPS) is 16.4. The molecule has 1 atom stereocenters. The third-order valence-corrected chi connectivity index (χ3v) is 6.57. The van der Waals surface area contributed by atoms with Crippen molar-refractivity contribution in [2.45, 2.75) is 46.3 Å². The minimum atomic E-state index is 0.437. The van der Waals surface area contributed by atoms with E-state index in [1.807, 2.05) is 18.3 Å². The molecular weight excluding hydrogens is 362 g/mol. The van der Waals surface area contributed by atoms with Gasteiger partial charge in [-0.05, 0) is 44.2 Å². The van der Waals surface area contributed by atoms with Gasteiger partial charge in [0.15, 0.2) is 5.96 Å². The zero-order valence-electron chi connectivity index (χ0n) is 16.2. The Balaban J connectivity index is 1.59. The molecule has 3 heterocycles. The largest absolute Gasteiger partial charge is 0.357 e. The molecule has 3 rings (SSSR count). The van der Waals surface area contributed by atoms with Crippen molar-refractivity contribution in [1.29, 1.82) is 0 Å². The summed E-state index contributed by atoms with van der Waals surface area (Å²) in [6.07, 6.45) is 1.17. The predicted octanol–water partition coefficient (Wildman–Crippen LogP) is 3.36. The molecule has 1 N–H and O–H groups in total. The van der Waals surface area contributed by atoms with Crippen molar-refractivity contribution in [3.63, 3.8) is 0 Å². The van der Waals surface area contributed by atoms with Crippen molar-refractivity contribution in [3.8, 4) is 0 Å². The van der Waals surface area contributed by atoms with Crippen LogP contribution < -0.4 is 5.32 Å². The summed E-state index contributed by atoms with van der Waals surface area (Å²) < 4.78 is 0.